The van der Waals surface area contributed by atoms with Gasteiger partial charge in [-0.05, 0) is 12.5 Å². The van der Waals surface area contributed by atoms with Crippen molar-refractivity contribution in [3.8, 4) is 0 Å². The minimum atomic E-state index is -0.327. The molecule has 4 heteroatoms. The third-order valence-corrected chi connectivity index (χ3v) is 3.31. The van der Waals surface area contributed by atoms with Gasteiger partial charge in [0.15, 0.2) is 9.76 Å². The minimum absolute atomic E-state index is 0.327. The molecule has 12 heavy (non-hydrogen) atoms. The van der Waals surface area contributed by atoms with Crippen LogP contribution in [0.3, 0.4) is 0 Å². The molecule has 1 fully saturated rings. The van der Waals surface area contributed by atoms with Crippen LogP contribution in [0.5, 0.6) is 0 Å². The van der Waals surface area contributed by atoms with Gasteiger partial charge in [0.2, 0.25) is 0 Å². The summed E-state index contributed by atoms with van der Waals surface area (Å²) in [5.41, 5.74) is 0. The van der Waals surface area contributed by atoms with Crippen LogP contribution in [-0.4, -0.2) is 42.3 Å². The van der Waals surface area contributed by atoms with Gasteiger partial charge in [-0.3, -0.25) is 0 Å². The zero-order chi connectivity index (χ0) is 8.81. The first-order chi connectivity index (χ1) is 5.86. The van der Waals surface area contributed by atoms with Crippen LogP contribution in [-0.2, 0) is 13.9 Å². The van der Waals surface area contributed by atoms with Crippen LogP contribution in [0.1, 0.15) is 13.3 Å². The Kier molecular flexibility index (Phi) is 4.83. The first kappa shape index (κ1) is 10.2. The largest absolute Gasteiger partial charge is 0.427 e. The summed E-state index contributed by atoms with van der Waals surface area (Å²) in [7, 11) is 1.45. The molecule has 0 bridgehead atoms. The molecular formula is C8H18O3Si. The Labute approximate surface area is 76.3 Å². The third-order valence-electron chi connectivity index (χ3n) is 2.02. The molecule has 0 aromatic rings. The van der Waals surface area contributed by atoms with E-state index < -0.39 is 0 Å². The van der Waals surface area contributed by atoms with Gasteiger partial charge in [-0.25, -0.2) is 0 Å². The van der Waals surface area contributed by atoms with E-state index in [0.717, 1.165) is 25.7 Å². The van der Waals surface area contributed by atoms with Crippen LogP contribution in [0.4, 0.5) is 0 Å². The van der Waals surface area contributed by atoms with Gasteiger partial charge < -0.3 is 13.9 Å². The molecule has 1 aliphatic rings. The molecule has 3 nitrogen and oxygen atoms in total. The predicted octanol–water partition coefficient (Wildman–Crippen LogP) is 0.329. The van der Waals surface area contributed by atoms with Gasteiger partial charge in [0.05, 0.1) is 19.3 Å². The Bertz CT molecular complexity index is 117. The summed E-state index contributed by atoms with van der Waals surface area (Å²) < 4.78 is 15.8. The van der Waals surface area contributed by atoms with Crippen LogP contribution >= 0.6 is 0 Å². The number of hydrogen-bond acceptors (Lipinski definition) is 3. The molecule has 1 rings (SSSR count). The van der Waals surface area contributed by atoms with Crippen molar-refractivity contribution in [2.24, 2.45) is 0 Å². The zero-order valence-corrected chi connectivity index (χ0v) is 9.33. The highest BCUT2D eigenvalue weighted by molar-refractivity contribution is 6.27. The maximum atomic E-state index is 5.65. The number of rotatable bonds is 7. The SMILES string of the molecule is CCC(C[SiH2]OC)OCC1CO1. The van der Waals surface area contributed by atoms with Gasteiger partial charge in [0, 0.05) is 7.11 Å². The molecule has 1 saturated heterocycles. The van der Waals surface area contributed by atoms with Gasteiger partial charge in [-0.15, -0.1) is 0 Å². The van der Waals surface area contributed by atoms with Gasteiger partial charge >= 0.3 is 0 Å². The maximum absolute atomic E-state index is 5.65. The first-order valence-corrected chi connectivity index (χ1v) is 6.16. The van der Waals surface area contributed by atoms with E-state index in [1.54, 1.807) is 7.11 Å². The van der Waals surface area contributed by atoms with Crippen LogP contribution in [0, 0.1) is 0 Å². The van der Waals surface area contributed by atoms with E-state index in [4.69, 9.17) is 13.9 Å². The molecule has 0 spiro atoms. The van der Waals surface area contributed by atoms with Crippen molar-refractivity contribution in [1.82, 2.24) is 0 Å². The highest BCUT2D eigenvalue weighted by Crippen LogP contribution is 2.12. The lowest BCUT2D eigenvalue weighted by Crippen LogP contribution is -2.17. The van der Waals surface area contributed by atoms with E-state index in [0.29, 0.717) is 12.2 Å². The maximum Gasteiger partial charge on any atom is 0.163 e. The van der Waals surface area contributed by atoms with E-state index in [-0.39, 0.29) is 9.76 Å². The molecule has 1 heterocycles. The lowest BCUT2D eigenvalue weighted by molar-refractivity contribution is 0.0509. The molecule has 2 unspecified atom stereocenters. The number of epoxide rings is 1. The molecule has 0 aromatic heterocycles. The van der Waals surface area contributed by atoms with Crippen molar-refractivity contribution in [2.45, 2.75) is 31.6 Å². The van der Waals surface area contributed by atoms with E-state index in [9.17, 15) is 0 Å². The summed E-state index contributed by atoms with van der Waals surface area (Å²) in [6.45, 7) is 3.82. The van der Waals surface area contributed by atoms with Crippen molar-refractivity contribution < 1.29 is 13.9 Å². The minimum Gasteiger partial charge on any atom is -0.427 e. The Hall–Kier alpha value is 0.0969. The second-order valence-electron chi connectivity index (χ2n) is 3.10. The molecule has 0 amide bonds. The van der Waals surface area contributed by atoms with Crippen molar-refractivity contribution in [1.29, 1.82) is 0 Å². The van der Waals surface area contributed by atoms with Gasteiger partial charge in [-0.1, -0.05) is 6.92 Å². The Morgan fingerprint density at radius 1 is 1.67 bits per heavy atom. The topological polar surface area (TPSA) is 31.0 Å². The fourth-order valence-electron chi connectivity index (χ4n) is 1.06. The van der Waals surface area contributed by atoms with Gasteiger partial charge in [0.1, 0.15) is 6.10 Å². The van der Waals surface area contributed by atoms with Gasteiger partial charge in [-0.2, -0.15) is 0 Å². The molecule has 1 aliphatic heterocycles. The second kappa shape index (κ2) is 5.69. The Morgan fingerprint density at radius 3 is 2.92 bits per heavy atom. The third kappa shape index (κ3) is 4.20. The van der Waals surface area contributed by atoms with E-state index >= 15 is 0 Å². The standard InChI is InChI=1S/C8H18O3Si/c1-3-7(6-12-9-2)10-4-8-5-11-8/h7-8H,3-6,12H2,1-2H3. The fourth-order valence-corrected chi connectivity index (χ4v) is 2.14. The van der Waals surface area contributed by atoms with E-state index in [2.05, 4.69) is 6.92 Å². The summed E-state index contributed by atoms with van der Waals surface area (Å²) in [6, 6.07) is 1.12. The molecule has 0 saturated carbocycles. The lowest BCUT2D eigenvalue weighted by Gasteiger charge is -2.14. The van der Waals surface area contributed by atoms with Crippen LogP contribution in [0.15, 0.2) is 0 Å². The number of ether oxygens (including phenoxy) is 2. The molecule has 0 N–H and O–H groups in total. The summed E-state index contributed by atoms with van der Waals surface area (Å²) in [5, 5.41) is 0. The summed E-state index contributed by atoms with van der Waals surface area (Å²) in [6.07, 6.45) is 1.88. The lowest BCUT2D eigenvalue weighted by atomic mass is 10.3. The predicted molar refractivity (Wildman–Crippen MR) is 50.1 cm³/mol. The second-order valence-corrected chi connectivity index (χ2v) is 4.66. The molecular weight excluding hydrogens is 172 g/mol. The van der Waals surface area contributed by atoms with E-state index in [1.165, 1.54) is 0 Å². The highest BCUT2D eigenvalue weighted by atomic mass is 28.2. The average molecular weight is 190 g/mol. The van der Waals surface area contributed by atoms with Gasteiger partial charge in [0.25, 0.3) is 0 Å². The first-order valence-electron chi connectivity index (χ1n) is 4.59. The number of hydrogen-bond donors (Lipinski definition) is 0. The quantitative estimate of drug-likeness (QED) is 0.428. The van der Waals surface area contributed by atoms with Crippen LogP contribution in [0.25, 0.3) is 0 Å². The van der Waals surface area contributed by atoms with Crippen molar-refractivity contribution in [2.75, 3.05) is 20.3 Å². The van der Waals surface area contributed by atoms with E-state index in [1.807, 2.05) is 0 Å². The Morgan fingerprint density at radius 2 is 2.42 bits per heavy atom. The monoisotopic (exact) mass is 190 g/mol. The molecule has 72 valence electrons. The summed E-state index contributed by atoms with van der Waals surface area (Å²) >= 11 is 0. The molecule has 0 aliphatic carbocycles. The summed E-state index contributed by atoms with van der Waals surface area (Å²) in [4.78, 5) is 0. The molecule has 0 radical (unpaired) electrons. The average Bonchev–Trinajstić information content (AvgIpc) is 2.89. The smallest absolute Gasteiger partial charge is 0.163 e. The van der Waals surface area contributed by atoms with Crippen molar-refractivity contribution in [3.63, 3.8) is 0 Å². The van der Waals surface area contributed by atoms with Crippen molar-refractivity contribution >= 4 is 9.76 Å². The zero-order valence-electron chi connectivity index (χ0n) is 7.91. The van der Waals surface area contributed by atoms with Crippen LogP contribution < -0.4 is 0 Å². The summed E-state index contributed by atoms with van der Waals surface area (Å²) in [5.74, 6) is 0. The van der Waals surface area contributed by atoms with Crippen LogP contribution in [0.2, 0.25) is 6.04 Å². The fraction of sp³-hybridized carbons (Fsp3) is 1.00. The highest BCUT2D eigenvalue weighted by Gasteiger charge is 2.23. The molecule has 0 aromatic carbocycles. The molecule has 2 atom stereocenters. The Balaban J connectivity index is 1.98. The van der Waals surface area contributed by atoms with Crippen molar-refractivity contribution in [3.05, 3.63) is 0 Å². The normalized spacial score (nSPS) is 25.0.